The van der Waals surface area contributed by atoms with E-state index in [4.69, 9.17) is 10.8 Å². The van der Waals surface area contributed by atoms with Crippen LogP contribution in [-0.2, 0) is 9.59 Å². The molecule has 0 saturated carbocycles. The Morgan fingerprint density at radius 1 is 1.33 bits per heavy atom. The Balaban J connectivity index is 2.82. The minimum atomic E-state index is -1.37. The molecule has 0 unspecified atom stereocenters. The summed E-state index contributed by atoms with van der Waals surface area (Å²) in [5.41, 5.74) is 7.31. The Hall–Kier alpha value is -2.09. The summed E-state index contributed by atoms with van der Waals surface area (Å²) >= 11 is 3.33. The second kappa shape index (κ2) is 7.07. The summed E-state index contributed by atoms with van der Waals surface area (Å²) in [7, 11) is 0. The first-order valence-corrected chi connectivity index (χ1v) is 6.85. The standard InChI is InChI=1S/C13H16BrN3O4/c1-6-3-7(2)11(8(14)4-6)17-13(21)16-9(12(19)20)5-10(15)18/h3-4,9H,5H2,1-2H3,(H2,15,18)(H,19,20)(H2,16,17,21)/t9-/m0/s1. The van der Waals surface area contributed by atoms with Gasteiger partial charge in [-0.3, -0.25) is 4.79 Å². The number of rotatable bonds is 5. The molecule has 0 aliphatic rings. The zero-order valence-corrected chi connectivity index (χ0v) is 13.2. The van der Waals surface area contributed by atoms with Crippen molar-refractivity contribution in [1.29, 1.82) is 0 Å². The van der Waals surface area contributed by atoms with Gasteiger partial charge in [0.1, 0.15) is 6.04 Å². The molecule has 0 aliphatic heterocycles. The highest BCUT2D eigenvalue weighted by atomic mass is 79.9. The Bertz CT molecular complexity index is 566. The van der Waals surface area contributed by atoms with Crippen molar-refractivity contribution in [2.75, 3.05) is 5.32 Å². The van der Waals surface area contributed by atoms with Crippen LogP contribution in [0.25, 0.3) is 0 Å². The van der Waals surface area contributed by atoms with Crippen LogP contribution in [0.2, 0.25) is 0 Å². The topological polar surface area (TPSA) is 122 Å². The van der Waals surface area contributed by atoms with Gasteiger partial charge in [-0.05, 0) is 47.0 Å². The van der Waals surface area contributed by atoms with Gasteiger partial charge >= 0.3 is 12.0 Å². The van der Waals surface area contributed by atoms with Crippen molar-refractivity contribution in [3.8, 4) is 0 Å². The van der Waals surface area contributed by atoms with E-state index >= 15 is 0 Å². The first-order chi connectivity index (χ1) is 9.70. The summed E-state index contributed by atoms with van der Waals surface area (Å²) < 4.78 is 0.678. The molecule has 21 heavy (non-hydrogen) atoms. The molecule has 114 valence electrons. The number of aliphatic carboxylic acids is 1. The van der Waals surface area contributed by atoms with Gasteiger partial charge < -0.3 is 21.5 Å². The number of amides is 3. The number of carbonyl (C=O) groups excluding carboxylic acids is 2. The maximum atomic E-state index is 11.8. The highest BCUT2D eigenvalue weighted by molar-refractivity contribution is 9.10. The maximum absolute atomic E-state index is 11.8. The zero-order valence-electron chi connectivity index (χ0n) is 11.6. The molecular weight excluding hydrogens is 342 g/mol. The normalized spacial score (nSPS) is 11.6. The fraction of sp³-hybridized carbons (Fsp3) is 0.308. The van der Waals surface area contributed by atoms with Crippen LogP contribution in [-0.4, -0.2) is 29.1 Å². The van der Waals surface area contributed by atoms with Gasteiger partial charge in [-0.25, -0.2) is 9.59 Å². The van der Waals surface area contributed by atoms with Gasteiger partial charge in [0.05, 0.1) is 12.1 Å². The number of anilines is 1. The second-order valence-electron chi connectivity index (χ2n) is 4.60. The predicted molar refractivity (Wildman–Crippen MR) is 81.0 cm³/mol. The lowest BCUT2D eigenvalue weighted by Gasteiger charge is -2.16. The van der Waals surface area contributed by atoms with E-state index in [1.807, 2.05) is 26.0 Å². The van der Waals surface area contributed by atoms with Gasteiger partial charge in [-0.1, -0.05) is 6.07 Å². The van der Waals surface area contributed by atoms with E-state index in [1.54, 1.807) is 0 Å². The van der Waals surface area contributed by atoms with Gasteiger partial charge in [0.25, 0.3) is 0 Å². The minimum Gasteiger partial charge on any atom is -0.480 e. The van der Waals surface area contributed by atoms with Crippen molar-refractivity contribution in [3.63, 3.8) is 0 Å². The number of halogens is 1. The SMILES string of the molecule is Cc1cc(C)c(NC(=O)N[C@@H](CC(N)=O)C(=O)O)c(Br)c1. The number of benzene rings is 1. The summed E-state index contributed by atoms with van der Waals surface area (Å²) in [4.78, 5) is 33.6. The summed E-state index contributed by atoms with van der Waals surface area (Å²) in [6, 6.07) is 1.60. The quantitative estimate of drug-likeness (QED) is 0.637. The van der Waals surface area contributed by atoms with Crippen LogP contribution < -0.4 is 16.4 Å². The molecule has 0 radical (unpaired) electrons. The molecule has 0 aromatic heterocycles. The number of nitrogens with one attached hydrogen (secondary N) is 2. The Morgan fingerprint density at radius 3 is 2.43 bits per heavy atom. The third-order valence-electron chi connectivity index (χ3n) is 2.68. The smallest absolute Gasteiger partial charge is 0.326 e. The molecule has 8 heteroatoms. The average molecular weight is 358 g/mol. The highest BCUT2D eigenvalue weighted by Gasteiger charge is 2.22. The van der Waals surface area contributed by atoms with E-state index in [0.717, 1.165) is 11.1 Å². The lowest BCUT2D eigenvalue weighted by atomic mass is 10.1. The van der Waals surface area contributed by atoms with E-state index in [9.17, 15) is 14.4 Å². The molecule has 0 saturated heterocycles. The van der Waals surface area contributed by atoms with Crippen LogP contribution in [0, 0.1) is 13.8 Å². The Labute approximate surface area is 130 Å². The third kappa shape index (κ3) is 5.07. The minimum absolute atomic E-state index is 0.475. The number of urea groups is 1. The number of primary amides is 1. The van der Waals surface area contributed by atoms with Gasteiger partial charge in [0.15, 0.2) is 0 Å². The van der Waals surface area contributed by atoms with Crippen molar-refractivity contribution >= 4 is 39.5 Å². The number of hydrogen-bond donors (Lipinski definition) is 4. The van der Waals surface area contributed by atoms with E-state index in [1.165, 1.54) is 0 Å². The maximum Gasteiger partial charge on any atom is 0.326 e. The van der Waals surface area contributed by atoms with Crippen molar-refractivity contribution in [2.45, 2.75) is 26.3 Å². The number of hydrogen-bond acceptors (Lipinski definition) is 3. The lowest BCUT2D eigenvalue weighted by molar-refractivity contribution is -0.140. The predicted octanol–water partition coefficient (Wildman–Crippen LogP) is 1.52. The van der Waals surface area contributed by atoms with Crippen LogP contribution in [0.3, 0.4) is 0 Å². The summed E-state index contributed by atoms with van der Waals surface area (Å²) in [6.07, 6.45) is -0.475. The lowest BCUT2D eigenvalue weighted by Crippen LogP contribution is -2.45. The molecule has 5 N–H and O–H groups in total. The molecule has 7 nitrogen and oxygen atoms in total. The van der Waals surface area contributed by atoms with Crippen molar-refractivity contribution < 1.29 is 19.5 Å². The molecule has 0 spiro atoms. The largest absolute Gasteiger partial charge is 0.480 e. The molecule has 1 rings (SSSR count). The molecule has 1 aromatic rings. The number of carboxylic acid groups (broad SMARTS) is 1. The van der Waals surface area contributed by atoms with Gasteiger partial charge in [-0.15, -0.1) is 0 Å². The zero-order chi connectivity index (χ0) is 16.2. The third-order valence-corrected chi connectivity index (χ3v) is 3.30. The van der Waals surface area contributed by atoms with Gasteiger partial charge in [0.2, 0.25) is 5.91 Å². The monoisotopic (exact) mass is 357 g/mol. The molecule has 1 atom stereocenters. The van der Waals surface area contributed by atoms with E-state index < -0.39 is 30.4 Å². The van der Waals surface area contributed by atoms with E-state index in [2.05, 4.69) is 26.6 Å². The van der Waals surface area contributed by atoms with Crippen LogP contribution in [0.1, 0.15) is 17.5 Å². The highest BCUT2D eigenvalue weighted by Crippen LogP contribution is 2.27. The van der Waals surface area contributed by atoms with Crippen molar-refractivity contribution in [3.05, 3.63) is 27.7 Å². The van der Waals surface area contributed by atoms with E-state index in [-0.39, 0.29) is 0 Å². The van der Waals surface area contributed by atoms with Gasteiger partial charge in [-0.2, -0.15) is 0 Å². The summed E-state index contributed by atoms with van der Waals surface area (Å²) in [5, 5.41) is 13.7. The first kappa shape index (κ1) is 17.0. The summed E-state index contributed by atoms with van der Waals surface area (Å²) in [6.45, 7) is 3.72. The Kier molecular flexibility index (Phi) is 5.71. The second-order valence-corrected chi connectivity index (χ2v) is 5.45. The van der Waals surface area contributed by atoms with Crippen LogP contribution in [0.5, 0.6) is 0 Å². The fourth-order valence-corrected chi connectivity index (χ4v) is 2.56. The number of carbonyl (C=O) groups is 3. The van der Waals surface area contributed by atoms with Gasteiger partial charge in [0, 0.05) is 4.47 Å². The number of aryl methyl sites for hydroxylation is 2. The molecule has 0 bridgehead atoms. The Morgan fingerprint density at radius 2 is 1.95 bits per heavy atom. The van der Waals surface area contributed by atoms with Crippen LogP contribution >= 0.6 is 15.9 Å². The van der Waals surface area contributed by atoms with Crippen LogP contribution in [0.15, 0.2) is 16.6 Å². The number of carboxylic acids is 1. The molecule has 0 aliphatic carbocycles. The molecule has 0 fully saturated rings. The number of nitrogens with two attached hydrogens (primary N) is 1. The van der Waals surface area contributed by atoms with E-state index in [0.29, 0.717) is 10.2 Å². The van der Waals surface area contributed by atoms with Crippen molar-refractivity contribution in [2.24, 2.45) is 5.73 Å². The summed E-state index contributed by atoms with van der Waals surface area (Å²) in [5.74, 6) is -2.14. The molecule has 0 heterocycles. The molecular formula is C13H16BrN3O4. The molecule has 1 aromatic carbocycles. The molecule has 3 amide bonds. The fourth-order valence-electron chi connectivity index (χ4n) is 1.78. The average Bonchev–Trinajstić information content (AvgIpc) is 2.32. The first-order valence-electron chi connectivity index (χ1n) is 6.06. The van der Waals surface area contributed by atoms with Crippen molar-refractivity contribution in [1.82, 2.24) is 5.32 Å². The van der Waals surface area contributed by atoms with Crippen LogP contribution in [0.4, 0.5) is 10.5 Å².